The van der Waals surface area contributed by atoms with Crippen molar-refractivity contribution in [2.75, 3.05) is 0 Å². The van der Waals surface area contributed by atoms with Crippen molar-refractivity contribution in [2.45, 2.75) is 64.8 Å². The molecule has 1 N–H and O–H groups in total. The Morgan fingerprint density at radius 3 is 1.21 bits per heavy atom. The molecule has 0 aliphatic heterocycles. The second kappa shape index (κ2) is 16.3. The Labute approximate surface area is 265 Å². The fourth-order valence-electron chi connectivity index (χ4n) is 3.96. The van der Waals surface area contributed by atoms with Crippen LogP contribution in [0.2, 0.25) is 0 Å². The van der Waals surface area contributed by atoms with Gasteiger partial charge >= 0.3 is 0 Å². The summed E-state index contributed by atoms with van der Waals surface area (Å²) in [5, 5.41) is 21.9. The molecule has 0 radical (unpaired) electrons. The van der Waals surface area contributed by atoms with Gasteiger partial charge in [0.05, 0.1) is 17.4 Å². The molecule has 0 saturated heterocycles. The number of benzene rings is 4. The van der Waals surface area contributed by atoms with Crippen molar-refractivity contribution in [1.82, 2.24) is 4.57 Å². The van der Waals surface area contributed by atoms with Gasteiger partial charge in [0.15, 0.2) is 0 Å². The van der Waals surface area contributed by atoms with Crippen LogP contribution >= 0.6 is 0 Å². The van der Waals surface area contributed by atoms with Crippen molar-refractivity contribution in [3.63, 3.8) is 0 Å². The maximum atomic E-state index is 11.9. The first-order chi connectivity index (χ1) is 19.5. The van der Waals surface area contributed by atoms with E-state index < -0.39 is 12.2 Å². The minimum absolute atomic E-state index is 0. The molecule has 0 saturated carbocycles. The molecule has 0 spiro atoms. The van der Waals surface area contributed by atoms with E-state index in [2.05, 4.69) is 63.2 Å². The van der Waals surface area contributed by atoms with Crippen molar-refractivity contribution in [2.24, 2.45) is 0 Å². The zero-order valence-electron chi connectivity index (χ0n) is 25.8. The SMILES string of the molecule is CC(C)(C)n1c[c-][n+](C(C)(C)C)c1.OC(c1ccccc1)c1ccccc1.[O-]C(c1ccccc1)c1ccccc1.[Zn]. The van der Waals surface area contributed by atoms with E-state index in [1.54, 1.807) is 0 Å². The summed E-state index contributed by atoms with van der Waals surface area (Å²) >= 11 is 0. The van der Waals surface area contributed by atoms with Gasteiger partial charge in [-0.3, -0.25) is 0 Å². The molecule has 5 rings (SSSR count). The molecule has 0 amide bonds. The third-order valence-electron chi connectivity index (χ3n) is 6.51. The predicted octanol–water partition coefficient (Wildman–Crippen LogP) is 6.99. The number of aliphatic hydroxyl groups excluding tert-OH is 1. The second-order valence-corrected chi connectivity index (χ2v) is 11.9. The molecule has 1 heterocycles. The summed E-state index contributed by atoms with van der Waals surface area (Å²) in [6.07, 6.45) is 6.07. The van der Waals surface area contributed by atoms with Gasteiger partial charge < -0.3 is 19.3 Å². The summed E-state index contributed by atoms with van der Waals surface area (Å²) < 4.78 is 4.29. The fourth-order valence-corrected chi connectivity index (χ4v) is 3.96. The van der Waals surface area contributed by atoms with Crippen molar-refractivity contribution < 1.29 is 34.3 Å². The Bertz CT molecular complexity index is 1220. The van der Waals surface area contributed by atoms with Gasteiger partial charge in [0.1, 0.15) is 6.10 Å². The van der Waals surface area contributed by atoms with Gasteiger partial charge in [0, 0.05) is 25.7 Å². The first-order valence-electron chi connectivity index (χ1n) is 14.0. The van der Waals surface area contributed by atoms with Crippen LogP contribution in [0, 0.1) is 6.20 Å². The van der Waals surface area contributed by atoms with Gasteiger partial charge in [-0.2, -0.15) is 0 Å². The zero-order chi connectivity index (χ0) is 29.9. The maximum absolute atomic E-state index is 11.9. The molecule has 0 bridgehead atoms. The average molecular weight is 613 g/mol. The molecule has 0 fully saturated rings. The van der Waals surface area contributed by atoms with Gasteiger partial charge in [-0.1, -0.05) is 139 Å². The molecule has 0 unspecified atom stereocenters. The van der Waals surface area contributed by atoms with Gasteiger partial charge in [-0.05, 0) is 58.9 Å². The van der Waals surface area contributed by atoms with Crippen LogP contribution in [-0.2, 0) is 30.6 Å². The van der Waals surface area contributed by atoms with E-state index in [0.717, 1.165) is 22.3 Å². The third kappa shape index (κ3) is 10.8. The van der Waals surface area contributed by atoms with E-state index in [0.29, 0.717) is 0 Å². The van der Waals surface area contributed by atoms with E-state index in [9.17, 15) is 10.2 Å². The summed E-state index contributed by atoms with van der Waals surface area (Å²) in [6.45, 7) is 13.1. The number of nitrogens with zero attached hydrogens (tertiary/aromatic N) is 2. The van der Waals surface area contributed by atoms with Crippen LogP contribution in [0.5, 0.6) is 0 Å². The summed E-state index contributed by atoms with van der Waals surface area (Å²) in [5.41, 5.74) is 3.76. The number of hydrogen-bond donors (Lipinski definition) is 1. The summed E-state index contributed by atoms with van der Waals surface area (Å²) in [5.74, 6) is 0. The summed E-state index contributed by atoms with van der Waals surface area (Å²) in [4.78, 5) is 0. The van der Waals surface area contributed by atoms with Crippen LogP contribution in [0.25, 0.3) is 0 Å². The zero-order valence-corrected chi connectivity index (χ0v) is 28.8. The summed E-state index contributed by atoms with van der Waals surface area (Å²) in [6, 6.07) is 38.2. The average Bonchev–Trinajstić information content (AvgIpc) is 3.52. The number of aromatic nitrogens is 2. The first-order valence-corrected chi connectivity index (χ1v) is 14.0. The van der Waals surface area contributed by atoms with Crippen LogP contribution in [-0.4, -0.2) is 9.67 Å². The number of imidazole rings is 1. The van der Waals surface area contributed by atoms with Gasteiger partial charge in [0.2, 0.25) is 0 Å². The van der Waals surface area contributed by atoms with Gasteiger partial charge in [-0.15, -0.1) is 0 Å². The van der Waals surface area contributed by atoms with Crippen LogP contribution < -0.4 is 9.67 Å². The van der Waals surface area contributed by atoms with Crippen molar-refractivity contribution >= 4 is 0 Å². The molecule has 216 valence electrons. The van der Waals surface area contributed by atoms with Gasteiger partial charge in [0.25, 0.3) is 0 Å². The minimum Gasteiger partial charge on any atom is -0.845 e. The van der Waals surface area contributed by atoms with E-state index in [1.165, 1.54) is 0 Å². The molecular formula is C37H43N2O2Zn-. The van der Waals surface area contributed by atoms with Crippen molar-refractivity contribution in [3.05, 3.63) is 162 Å². The van der Waals surface area contributed by atoms with Crippen molar-refractivity contribution in [3.8, 4) is 0 Å². The van der Waals surface area contributed by atoms with E-state index >= 15 is 0 Å². The summed E-state index contributed by atoms with van der Waals surface area (Å²) in [7, 11) is 0. The molecule has 0 atom stereocenters. The normalized spacial score (nSPS) is 11.1. The smallest absolute Gasteiger partial charge is 0.104 e. The second-order valence-electron chi connectivity index (χ2n) is 11.9. The number of hydrogen-bond acceptors (Lipinski definition) is 2. The predicted molar refractivity (Wildman–Crippen MR) is 165 cm³/mol. The fraction of sp³-hybridized carbons (Fsp3) is 0.270. The Kier molecular flexibility index (Phi) is 13.5. The molecule has 0 aliphatic carbocycles. The Hall–Kier alpha value is -3.37. The van der Waals surface area contributed by atoms with E-state index in [4.69, 9.17) is 0 Å². The Morgan fingerprint density at radius 2 is 0.952 bits per heavy atom. The monoisotopic (exact) mass is 611 g/mol. The Balaban J connectivity index is 0.000000218. The van der Waals surface area contributed by atoms with Crippen LogP contribution in [0.4, 0.5) is 0 Å². The Morgan fingerprint density at radius 1 is 0.619 bits per heavy atom. The van der Waals surface area contributed by atoms with Crippen molar-refractivity contribution in [1.29, 1.82) is 0 Å². The largest absolute Gasteiger partial charge is 0.845 e. The van der Waals surface area contributed by atoms with Gasteiger partial charge in [-0.25, -0.2) is 0 Å². The minimum atomic E-state index is -0.766. The molecule has 4 nitrogen and oxygen atoms in total. The molecule has 5 heteroatoms. The first kappa shape index (κ1) is 34.8. The molecular weight excluding hydrogens is 570 g/mol. The van der Waals surface area contributed by atoms with Crippen LogP contribution in [0.1, 0.15) is 76.0 Å². The topological polar surface area (TPSA) is 52.1 Å². The quantitative estimate of drug-likeness (QED) is 0.135. The number of aliphatic hydroxyl groups is 1. The van der Waals surface area contributed by atoms with E-state index in [1.807, 2.05) is 128 Å². The molecule has 42 heavy (non-hydrogen) atoms. The number of rotatable bonds is 4. The standard InChI is InChI=1S/C13H12O.C13H11O.C11H20N2.Zn/c2*14-13(11-7-3-1-4-8-11)12-9-5-2-6-10-12;1-10(2,3)12-7-8-13(9-12)11(4,5)6;/h1-10,13-14H;1-10,13H;7,9H,1-6H3;/q;-1;;. The third-order valence-corrected chi connectivity index (χ3v) is 6.51. The van der Waals surface area contributed by atoms with Crippen LogP contribution in [0.15, 0.2) is 134 Å². The molecule has 4 aromatic carbocycles. The molecule has 5 aromatic rings. The maximum Gasteiger partial charge on any atom is 0.104 e. The molecule has 0 aliphatic rings. The van der Waals surface area contributed by atoms with E-state index in [-0.39, 0.29) is 30.6 Å². The molecule has 1 aromatic heterocycles. The van der Waals surface area contributed by atoms with Crippen LogP contribution in [0.3, 0.4) is 0 Å².